The lowest BCUT2D eigenvalue weighted by Gasteiger charge is -2.24. The SMILES string of the molecule is CCCC(=O)Oc1ccc(N(C(=O)CCC)S(=O)(=O)c2cc(C)c(C)cc2C)cc1. The minimum Gasteiger partial charge on any atom is -0.427 e. The van der Waals surface area contributed by atoms with E-state index in [9.17, 15) is 18.0 Å². The Balaban J connectivity index is 2.50. The Labute approximate surface area is 178 Å². The molecular formula is C23H29NO5S. The number of anilines is 1. The van der Waals surface area contributed by atoms with E-state index in [-0.39, 0.29) is 23.0 Å². The molecule has 0 bridgehead atoms. The molecule has 0 saturated carbocycles. The van der Waals surface area contributed by atoms with Crippen molar-refractivity contribution >= 4 is 27.6 Å². The normalized spacial score (nSPS) is 11.2. The smallest absolute Gasteiger partial charge is 0.311 e. The summed E-state index contributed by atoms with van der Waals surface area (Å²) in [6.07, 6.45) is 1.58. The molecule has 0 aromatic heterocycles. The first-order valence-electron chi connectivity index (χ1n) is 10.1. The van der Waals surface area contributed by atoms with E-state index in [2.05, 4.69) is 0 Å². The minimum absolute atomic E-state index is 0.0936. The van der Waals surface area contributed by atoms with Crippen molar-refractivity contribution in [1.29, 1.82) is 0 Å². The maximum absolute atomic E-state index is 13.5. The van der Waals surface area contributed by atoms with Gasteiger partial charge < -0.3 is 4.74 Å². The molecule has 162 valence electrons. The number of nitrogens with zero attached hydrogens (tertiary/aromatic N) is 1. The standard InChI is InChI=1S/C23H29NO5S/c1-6-8-22(25)24(19-10-12-20(13-11-19)29-23(26)9-7-2)30(27,28)21-15-17(4)16(3)14-18(21)5/h10-15H,6-9H2,1-5H3. The molecule has 0 saturated heterocycles. The maximum Gasteiger partial charge on any atom is 0.311 e. The lowest BCUT2D eigenvalue weighted by Crippen LogP contribution is -2.37. The molecule has 1 amide bonds. The molecule has 7 heteroatoms. The number of ether oxygens (including phenoxy) is 1. The summed E-state index contributed by atoms with van der Waals surface area (Å²) in [5.41, 5.74) is 2.61. The fraction of sp³-hybridized carbons (Fsp3) is 0.391. The van der Waals surface area contributed by atoms with Crippen LogP contribution in [0.1, 0.15) is 56.2 Å². The Kier molecular flexibility index (Phi) is 7.78. The second-order valence-corrected chi connectivity index (χ2v) is 9.09. The Hall–Kier alpha value is -2.67. The summed E-state index contributed by atoms with van der Waals surface area (Å²) in [5, 5.41) is 0. The number of carbonyl (C=O) groups excluding carboxylic acids is 2. The topological polar surface area (TPSA) is 80.8 Å². The van der Waals surface area contributed by atoms with Crippen molar-refractivity contribution in [1.82, 2.24) is 0 Å². The van der Waals surface area contributed by atoms with Crippen LogP contribution >= 0.6 is 0 Å². The average Bonchev–Trinajstić information content (AvgIpc) is 2.66. The van der Waals surface area contributed by atoms with E-state index in [0.29, 0.717) is 30.6 Å². The van der Waals surface area contributed by atoms with E-state index in [1.807, 2.05) is 27.7 Å². The molecule has 0 N–H and O–H groups in total. The zero-order valence-electron chi connectivity index (χ0n) is 18.2. The van der Waals surface area contributed by atoms with Gasteiger partial charge in [0, 0.05) is 12.8 Å². The fourth-order valence-corrected chi connectivity index (χ4v) is 4.83. The quantitative estimate of drug-likeness (QED) is 0.441. The van der Waals surface area contributed by atoms with Gasteiger partial charge in [-0.2, -0.15) is 0 Å². The van der Waals surface area contributed by atoms with Crippen LogP contribution in [0.25, 0.3) is 0 Å². The molecule has 30 heavy (non-hydrogen) atoms. The molecule has 0 aliphatic carbocycles. The van der Waals surface area contributed by atoms with Crippen LogP contribution in [-0.2, 0) is 19.6 Å². The van der Waals surface area contributed by atoms with Crippen LogP contribution in [-0.4, -0.2) is 20.3 Å². The van der Waals surface area contributed by atoms with Gasteiger partial charge in [-0.25, -0.2) is 12.7 Å². The van der Waals surface area contributed by atoms with E-state index in [1.165, 1.54) is 24.3 Å². The highest BCUT2D eigenvalue weighted by molar-refractivity contribution is 7.93. The lowest BCUT2D eigenvalue weighted by molar-refractivity contribution is -0.134. The van der Waals surface area contributed by atoms with Crippen molar-refractivity contribution in [2.75, 3.05) is 4.31 Å². The monoisotopic (exact) mass is 431 g/mol. The van der Waals surface area contributed by atoms with Crippen molar-refractivity contribution in [3.05, 3.63) is 53.1 Å². The molecular weight excluding hydrogens is 402 g/mol. The summed E-state index contributed by atoms with van der Waals surface area (Å²) in [6.45, 7) is 9.17. The zero-order valence-corrected chi connectivity index (χ0v) is 19.0. The highest BCUT2D eigenvalue weighted by Crippen LogP contribution is 2.30. The second kappa shape index (κ2) is 9.89. The third-order valence-corrected chi connectivity index (χ3v) is 6.65. The molecule has 2 aromatic carbocycles. The van der Waals surface area contributed by atoms with Gasteiger partial charge >= 0.3 is 5.97 Å². The fourth-order valence-electron chi connectivity index (χ4n) is 3.08. The summed E-state index contributed by atoms with van der Waals surface area (Å²) >= 11 is 0. The van der Waals surface area contributed by atoms with Gasteiger partial charge in [0.05, 0.1) is 10.6 Å². The predicted molar refractivity (Wildman–Crippen MR) is 117 cm³/mol. The minimum atomic E-state index is -4.11. The Morgan fingerprint density at radius 2 is 1.43 bits per heavy atom. The predicted octanol–water partition coefficient (Wildman–Crippen LogP) is 4.84. The van der Waals surface area contributed by atoms with Crippen molar-refractivity contribution in [2.24, 2.45) is 0 Å². The number of rotatable bonds is 8. The zero-order chi connectivity index (χ0) is 22.5. The van der Waals surface area contributed by atoms with Gasteiger partial charge in [-0.15, -0.1) is 0 Å². The van der Waals surface area contributed by atoms with E-state index < -0.39 is 15.9 Å². The van der Waals surface area contributed by atoms with Crippen molar-refractivity contribution in [2.45, 2.75) is 65.2 Å². The largest absolute Gasteiger partial charge is 0.427 e. The van der Waals surface area contributed by atoms with Crippen LogP contribution < -0.4 is 9.04 Å². The molecule has 0 spiro atoms. The molecule has 6 nitrogen and oxygen atoms in total. The first-order chi connectivity index (χ1) is 14.1. The van der Waals surface area contributed by atoms with Gasteiger partial charge in [-0.1, -0.05) is 19.9 Å². The van der Waals surface area contributed by atoms with E-state index in [4.69, 9.17) is 4.74 Å². The molecule has 0 radical (unpaired) electrons. The van der Waals surface area contributed by atoms with Crippen LogP contribution in [0.5, 0.6) is 5.75 Å². The van der Waals surface area contributed by atoms with E-state index in [1.54, 1.807) is 19.1 Å². The number of esters is 1. The summed E-state index contributed by atoms with van der Waals surface area (Å²) < 4.78 is 33.1. The number of aryl methyl sites for hydroxylation is 3. The average molecular weight is 432 g/mol. The summed E-state index contributed by atoms with van der Waals surface area (Å²) in [7, 11) is -4.11. The van der Waals surface area contributed by atoms with Gasteiger partial charge in [0.25, 0.3) is 10.0 Å². The Morgan fingerprint density at radius 3 is 2.00 bits per heavy atom. The molecule has 2 rings (SSSR count). The highest BCUT2D eigenvalue weighted by atomic mass is 32.2. The van der Waals surface area contributed by atoms with Gasteiger partial charge in [0.2, 0.25) is 5.91 Å². The second-order valence-electron chi connectivity index (χ2n) is 7.33. The van der Waals surface area contributed by atoms with Crippen LogP contribution in [0.15, 0.2) is 41.3 Å². The van der Waals surface area contributed by atoms with Crippen LogP contribution in [0, 0.1) is 20.8 Å². The maximum atomic E-state index is 13.5. The third kappa shape index (κ3) is 5.27. The number of hydrogen-bond acceptors (Lipinski definition) is 5. The Bertz CT molecular complexity index is 1030. The number of benzene rings is 2. The van der Waals surface area contributed by atoms with Crippen molar-refractivity contribution < 1.29 is 22.7 Å². The molecule has 0 atom stereocenters. The molecule has 0 aliphatic rings. The number of amides is 1. The van der Waals surface area contributed by atoms with Crippen LogP contribution in [0.3, 0.4) is 0 Å². The van der Waals surface area contributed by atoms with Crippen LogP contribution in [0.4, 0.5) is 5.69 Å². The molecule has 0 fully saturated rings. The number of carbonyl (C=O) groups is 2. The first kappa shape index (κ1) is 23.6. The van der Waals surface area contributed by atoms with Gasteiger partial charge in [-0.3, -0.25) is 9.59 Å². The van der Waals surface area contributed by atoms with Gasteiger partial charge in [0.15, 0.2) is 0 Å². The summed E-state index contributed by atoms with van der Waals surface area (Å²) in [5.74, 6) is -0.562. The van der Waals surface area contributed by atoms with Crippen LogP contribution in [0.2, 0.25) is 0 Å². The highest BCUT2D eigenvalue weighted by Gasteiger charge is 2.32. The van der Waals surface area contributed by atoms with Crippen molar-refractivity contribution in [3.63, 3.8) is 0 Å². The molecule has 0 aliphatic heterocycles. The molecule has 2 aromatic rings. The Morgan fingerprint density at radius 1 is 0.867 bits per heavy atom. The molecule has 0 unspecified atom stereocenters. The summed E-state index contributed by atoms with van der Waals surface area (Å²) in [4.78, 5) is 24.6. The van der Waals surface area contributed by atoms with Gasteiger partial charge in [0.1, 0.15) is 5.75 Å². The first-order valence-corrected chi connectivity index (χ1v) is 11.5. The summed E-state index contributed by atoms with van der Waals surface area (Å²) in [6, 6.07) is 9.37. The van der Waals surface area contributed by atoms with E-state index >= 15 is 0 Å². The lowest BCUT2D eigenvalue weighted by atomic mass is 10.1. The number of hydrogen-bond donors (Lipinski definition) is 0. The van der Waals surface area contributed by atoms with Crippen molar-refractivity contribution in [3.8, 4) is 5.75 Å². The number of sulfonamides is 1. The molecule has 0 heterocycles. The third-order valence-electron chi connectivity index (χ3n) is 4.76. The van der Waals surface area contributed by atoms with Gasteiger partial charge in [-0.05, 0) is 80.6 Å². The van der Waals surface area contributed by atoms with E-state index in [0.717, 1.165) is 15.4 Å².